The lowest BCUT2D eigenvalue weighted by atomic mass is 10.1. The number of nitrogens with zero attached hydrogens (tertiary/aromatic N) is 1. The summed E-state index contributed by atoms with van der Waals surface area (Å²) in [5.74, 6) is 0.296. The second-order valence-corrected chi connectivity index (χ2v) is 8.58. The first-order chi connectivity index (χ1) is 17.4. The fraction of sp³-hybridized carbons (Fsp3) is 0.333. The van der Waals surface area contributed by atoms with E-state index in [0.717, 1.165) is 29.8 Å². The van der Waals surface area contributed by atoms with Gasteiger partial charge in [-0.25, -0.2) is 0 Å². The normalized spacial score (nSPS) is 13.9. The highest BCUT2D eigenvalue weighted by molar-refractivity contribution is 5.31. The maximum absolute atomic E-state index is 12.9. The maximum atomic E-state index is 12.9. The van der Waals surface area contributed by atoms with Gasteiger partial charge in [0.2, 0.25) is 0 Å². The zero-order chi connectivity index (χ0) is 27.1. The molecule has 0 saturated carbocycles. The van der Waals surface area contributed by atoms with Gasteiger partial charge in [0.05, 0.1) is 11.1 Å². The van der Waals surface area contributed by atoms with Gasteiger partial charge in [0.15, 0.2) is 0 Å². The van der Waals surface area contributed by atoms with Crippen molar-refractivity contribution in [2.24, 2.45) is 0 Å². The SMILES string of the molecule is CN(CCC(Oc1ccc(C(F)(F)F)cc1)c1ccccc1)CC(O)COc1cccc(C(F)(F)F)c1. The first kappa shape index (κ1) is 28.3. The Balaban J connectivity index is 1.55. The van der Waals surface area contributed by atoms with Crippen LogP contribution in [0.3, 0.4) is 0 Å². The van der Waals surface area contributed by atoms with Gasteiger partial charge in [-0.1, -0.05) is 36.4 Å². The summed E-state index contributed by atoms with van der Waals surface area (Å²) in [6, 6.07) is 18.1. The number of rotatable bonds is 11. The number of halogens is 6. The molecule has 2 unspecified atom stereocenters. The van der Waals surface area contributed by atoms with Crippen molar-refractivity contribution in [2.45, 2.75) is 31.0 Å². The zero-order valence-electron chi connectivity index (χ0n) is 20.0. The van der Waals surface area contributed by atoms with E-state index in [4.69, 9.17) is 9.47 Å². The van der Waals surface area contributed by atoms with Crippen LogP contribution in [0.5, 0.6) is 11.5 Å². The molecule has 10 heteroatoms. The van der Waals surface area contributed by atoms with Crippen molar-refractivity contribution in [3.8, 4) is 11.5 Å². The van der Waals surface area contributed by atoms with E-state index >= 15 is 0 Å². The highest BCUT2D eigenvalue weighted by Gasteiger charge is 2.31. The smallest absolute Gasteiger partial charge is 0.416 e. The molecule has 0 aromatic heterocycles. The van der Waals surface area contributed by atoms with Crippen LogP contribution in [0.15, 0.2) is 78.9 Å². The Morgan fingerprint density at radius 1 is 0.784 bits per heavy atom. The standard InChI is InChI=1S/C27H27F6NO3/c1-34(17-22(35)18-36-24-9-5-8-21(16-24)27(31,32)33)15-14-25(19-6-3-2-4-7-19)37-23-12-10-20(11-13-23)26(28,29)30/h2-13,16,22,25,35H,14-15,17-18H2,1H3. The Hall–Kier alpha value is -3.24. The minimum Gasteiger partial charge on any atom is -0.491 e. The summed E-state index contributed by atoms with van der Waals surface area (Å²) in [7, 11) is 1.76. The van der Waals surface area contributed by atoms with E-state index < -0.39 is 35.7 Å². The molecule has 4 nitrogen and oxygen atoms in total. The van der Waals surface area contributed by atoms with E-state index in [-0.39, 0.29) is 18.9 Å². The van der Waals surface area contributed by atoms with E-state index in [2.05, 4.69) is 0 Å². The predicted octanol–water partition coefficient (Wildman–Crippen LogP) is 6.61. The molecule has 0 aliphatic carbocycles. The van der Waals surface area contributed by atoms with Crippen LogP contribution in [-0.4, -0.2) is 42.9 Å². The van der Waals surface area contributed by atoms with Crippen molar-refractivity contribution >= 4 is 0 Å². The first-order valence-electron chi connectivity index (χ1n) is 11.5. The molecule has 2 atom stereocenters. The summed E-state index contributed by atoms with van der Waals surface area (Å²) in [6.45, 7) is 0.442. The summed E-state index contributed by atoms with van der Waals surface area (Å²) in [5.41, 5.74) is -0.766. The fourth-order valence-corrected chi connectivity index (χ4v) is 3.64. The number of hydrogen-bond acceptors (Lipinski definition) is 4. The molecule has 0 fully saturated rings. The third-order valence-corrected chi connectivity index (χ3v) is 5.53. The van der Waals surface area contributed by atoms with Gasteiger partial charge in [-0.2, -0.15) is 26.3 Å². The molecule has 0 heterocycles. The highest BCUT2D eigenvalue weighted by atomic mass is 19.4. The molecule has 200 valence electrons. The number of hydrogen-bond donors (Lipinski definition) is 1. The molecule has 3 aromatic carbocycles. The zero-order valence-corrected chi connectivity index (χ0v) is 20.0. The molecule has 0 spiro atoms. The quantitative estimate of drug-likeness (QED) is 0.285. The average molecular weight is 528 g/mol. The molecular formula is C27H27F6NO3. The van der Waals surface area contributed by atoms with Crippen LogP contribution in [0.2, 0.25) is 0 Å². The molecule has 0 saturated heterocycles. The summed E-state index contributed by atoms with van der Waals surface area (Å²) in [5, 5.41) is 10.3. The van der Waals surface area contributed by atoms with E-state index in [9.17, 15) is 31.4 Å². The lowest BCUT2D eigenvalue weighted by Crippen LogP contribution is -2.34. The van der Waals surface area contributed by atoms with E-state index in [1.807, 2.05) is 35.2 Å². The van der Waals surface area contributed by atoms with Gasteiger partial charge in [-0.15, -0.1) is 0 Å². The van der Waals surface area contributed by atoms with Gasteiger partial charge >= 0.3 is 12.4 Å². The van der Waals surface area contributed by atoms with Crippen LogP contribution in [0.1, 0.15) is 29.2 Å². The van der Waals surface area contributed by atoms with Gasteiger partial charge in [-0.05, 0) is 55.1 Å². The van der Waals surface area contributed by atoms with Crippen molar-refractivity contribution in [3.63, 3.8) is 0 Å². The molecule has 37 heavy (non-hydrogen) atoms. The van der Waals surface area contributed by atoms with Gasteiger partial charge in [0, 0.05) is 19.5 Å². The third kappa shape index (κ3) is 8.98. The minimum absolute atomic E-state index is 0.00520. The number of aliphatic hydroxyl groups excluding tert-OH is 1. The molecule has 0 radical (unpaired) electrons. The number of alkyl halides is 6. The Morgan fingerprint density at radius 2 is 1.43 bits per heavy atom. The highest BCUT2D eigenvalue weighted by Crippen LogP contribution is 2.33. The Morgan fingerprint density at radius 3 is 2.05 bits per heavy atom. The lowest BCUT2D eigenvalue weighted by Gasteiger charge is -2.25. The average Bonchev–Trinajstić information content (AvgIpc) is 2.85. The number of ether oxygens (including phenoxy) is 2. The number of likely N-dealkylation sites (N-methyl/N-ethyl adjacent to an activating group) is 1. The summed E-state index contributed by atoms with van der Waals surface area (Å²) in [4.78, 5) is 1.81. The van der Waals surface area contributed by atoms with Crippen LogP contribution < -0.4 is 9.47 Å². The molecule has 3 rings (SSSR count). The molecule has 3 aromatic rings. The summed E-state index contributed by atoms with van der Waals surface area (Å²) in [6.07, 6.45) is -9.89. The lowest BCUT2D eigenvalue weighted by molar-refractivity contribution is -0.138. The fourth-order valence-electron chi connectivity index (χ4n) is 3.64. The number of benzene rings is 3. The molecule has 0 bridgehead atoms. The van der Waals surface area contributed by atoms with Crippen LogP contribution in [0.4, 0.5) is 26.3 Å². The molecular weight excluding hydrogens is 500 g/mol. The van der Waals surface area contributed by atoms with E-state index in [0.29, 0.717) is 18.7 Å². The van der Waals surface area contributed by atoms with Crippen molar-refractivity contribution < 1.29 is 40.9 Å². The predicted molar refractivity (Wildman–Crippen MR) is 126 cm³/mol. The van der Waals surface area contributed by atoms with Crippen LogP contribution in [0, 0.1) is 0 Å². The van der Waals surface area contributed by atoms with Gasteiger partial charge in [0.25, 0.3) is 0 Å². The van der Waals surface area contributed by atoms with E-state index in [1.165, 1.54) is 24.3 Å². The van der Waals surface area contributed by atoms with Crippen molar-refractivity contribution in [2.75, 3.05) is 26.7 Å². The van der Waals surface area contributed by atoms with Crippen LogP contribution in [-0.2, 0) is 12.4 Å². The molecule has 0 aliphatic rings. The molecule has 0 aliphatic heterocycles. The number of aliphatic hydroxyl groups is 1. The Kier molecular flexibility index (Phi) is 9.45. The van der Waals surface area contributed by atoms with Crippen molar-refractivity contribution in [1.29, 1.82) is 0 Å². The first-order valence-corrected chi connectivity index (χ1v) is 11.5. The monoisotopic (exact) mass is 527 g/mol. The van der Waals surface area contributed by atoms with E-state index in [1.54, 1.807) is 7.05 Å². The molecule has 1 N–H and O–H groups in total. The Bertz CT molecular complexity index is 1100. The largest absolute Gasteiger partial charge is 0.491 e. The second kappa shape index (κ2) is 12.3. The second-order valence-electron chi connectivity index (χ2n) is 8.58. The van der Waals surface area contributed by atoms with Crippen molar-refractivity contribution in [1.82, 2.24) is 4.90 Å². The van der Waals surface area contributed by atoms with Crippen LogP contribution >= 0.6 is 0 Å². The Labute approximate surface area is 211 Å². The minimum atomic E-state index is -4.49. The van der Waals surface area contributed by atoms with Crippen molar-refractivity contribution in [3.05, 3.63) is 95.6 Å². The van der Waals surface area contributed by atoms with Gasteiger partial charge < -0.3 is 19.5 Å². The van der Waals surface area contributed by atoms with Gasteiger partial charge in [0.1, 0.15) is 30.3 Å². The maximum Gasteiger partial charge on any atom is 0.416 e. The summed E-state index contributed by atoms with van der Waals surface area (Å²) < 4.78 is 88.4. The van der Waals surface area contributed by atoms with Crippen LogP contribution in [0.25, 0.3) is 0 Å². The third-order valence-electron chi connectivity index (χ3n) is 5.53. The molecule has 0 amide bonds. The van der Waals surface area contributed by atoms with Gasteiger partial charge in [-0.3, -0.25) is 0 Å². The topological polar surface area (TPSA) is 41.9 Å². The summed E-state index contributed by atoms with van der Waals surface area (Å²) >= 11 is 0.